The van der Waals surface area contributed by atoms with Crippen LogP contribution < -0.4 is 0 Å². The van der Waals surface area contributed by atoms with E-state index < -0.39 is 0 Å². The minimum absolute atomic E-state index is 0.344. The average molecular weight is 497 g/mol. The first kappa shape index (κ1) is 22.8. The molecule has 0 unspecified atom stereocenters. The monoisotopic (exact) mass is 496 g/mol. The second kappa shape index (κ2) is 10.5. The van der Waals surface area contributed by atoms with E-state index in [4.69, 9.17) is 27.9 Å². The van der Waals surface area contributed by atoms with Crippen molar-refractivity contribution in [2.45, 2.75) is 19.6 Å². The van der Waals surface area contributed by atoms with E-state index in [2.05, 4.69) is 30.3 Å². The first-order valence-electron chi connectivity index (χ1n) is 9.73. The summed E-state index contributed by atoms with van der Waals surface area (Å²) < 4.78 is 4.94. The number of carbonyl (C=O) groups excluding carboxylic acids is 1. The molecule has 2 nitrogen and oxygen atoms in total. The van der Waals surface area contributed by atoms with Crippen molar-refractivity contribution < 1.29 is 9.53 Å². The molecule has 0 amide bonds. The molecule has 0 aliphatic rings. The van der Waals surface area contributed by atoms with E-state index >= 15 is 0 Å². The zero-order valence-electron chi connectivity index (χ0n) is 17.0. The predicted molar refractivity (Wildman–Crippen MR) is 134 cm³/mol. The molecule has 0 aromatic heterocycles. The quantitative estimate of drug-likeness (QED) is 0.249. The summed E-state index contributed by atoms with van der Waals surface area (Å²) in [7, 11) is 1.40. The average Bonchev–Trinajstić information content (AvgIpc) is 2.83. The number of ether oxygens (including phenoxy) is 1. The van der Waals surface area contributed by atoms with Crippen molar-refractivity contribution in [1.29, 1.82) is 0 Å². The van der Waals surface area contributed by atoms with E-state index in [0.29, 0.717) is 15.6 Å². The van der Waals surface area contributed by atoms with E-state index in [1.807, 2.05) is 54.6 Å². The van der Waals surface area contributed by atoms with Crippen molar-refractivity contribution in [3.8, 4) is 11.1 Å². The van der Waals surface area contributed by atoms with Gasteiger partial charge >= 0.3 is 5.97 Å². The zero-order chi connectivity index (χ0) is 22.5. The van der Waals surface area contributed by atoms with Crippen LogP contribution in [0.2, 0.25) is 10.0 Å². The summed E-state index contributed by atoms with van der Waals surface area (Å²) in [6, 6.07) is 29.6. The molecule has 0 atom stereocenters. The molecule has 0 radical (unpaired) electrons. The van der Waals surface area contributed by atoms with E-state index in [1.165, 1.54) is 18.9 Å². The summed E-state index contributed by atoms with van der Waals surface area (Å²) >= 11 is 15.5. The van der Waals surface area contributed by atoms with Crippen molar-refractivity contribution in [2.24, 2.45) is 0 Å². The Morgan fingerprint density at radius 2 is 1.38 bits per heavy atom. The third-order valence-electron chi connectivity index (χ3n) is 4.67. The number of esters is 1. The number of rotatable bonds is 6. The van der Waals surface area contributed by atoms with Gasteiger partial charge in [0, 0.05) is 19.6 Å². The maximum Gasteiger partial charge on any atom is 0.339 e. The molecule has 0 saturated heterocycles. The molecule has 4 rings (SSSR count). The van der Waals surface area contributed by atoms with Gasteiger partial charge in [-0.05, 0) is 59.7 Å². The molecule has 0 bridgehead atoms. The van der Waals surface area contributed by atoms with Gasteiger partial charge < -0.3 is 4.74 Å². The van der Waals surface area contributed by atoms with Gasteiger partial charge in [-0.2, -0.15) is 0 Å². The Kier molecular flexibility index (Phi) is 7.48. The molecule has 6 heteroatoms. The lowest BCUT2D eigenvalue weighted by atomic mass is 10.1. The smallest absolute Gasteiger partial charge is 0.339 e. The first-order chi connectivity index (χ1) is 15.5. The lowest BCUT2D eigenvalue weighted by molar-refractivity contribution is 0.0597. The fourth-order valence-electron chi connectivity index (χ4n) is 3.13. The summed E-state index contributed by atoms with van der Waals surface area (Å²) in [5.41, 5.74) is 2.76. The van der Waals surface area contributed by atoms with Gasteiger partial charge in [0.1, 0.15) is 0 Å². The molecule has 0 aliphatic heterocycles. The van der Waals surface area contributed by atoms with Crippen LogP contribution in [0.1, 0.15) is 10.4 Å². The molecule has 0 aliphatic carbocycles. The molecule has 0 spiro atoms. The molecule has 160 valence electrons. The van der Waals surface area contributed by atoms with Crippen LogP contribution in [0.25, 0.3) is 11.1 Å². The van der Waals surface area contributed by atoms with Crippen molar-refractivity contribution in [1.82, 2.24) is 0 Å². The van der Waals surface area contributed by atoms with Crippen LogP contribution in [-0.4, -0.2) is 13.1 Å². The lowest BCUT2D eigenvalue weighted by Crippen LogP contribution is -2.02. The second-order valence-corrected chi connectivity index (χ2v) is 9.84. The van der Waals surface area contributed by atoms with Crippen LogP contribution in [-0.2, 0) is 4.74 Å². The standard InChI is InChI=1S/C26H18Cl2O2S2/c1-30-26(29)20-9-5-6-10-24(20)31-18-12-14-25(21(15-18)17-7-3-2-4-8-17)32-19-11-13-22(27)23(28)16-19/h2-16H,1H3. The van der Waals surface area contributed by atoms with Crippen molar-refractivity contribution >= 4 is 52.7 Å². The highest BCUT2D eigenvalue weighted by atomic mass is 35.5. The van der Waals surface area contributed by atoms with Crippen LogP contribution in [0.15, 0.2) is 111 Å². The summed E-state index contributed by atoms with van der Waals surface area (Å²) in [5.74, 6) is -0.344. The number of methoxy groups -OCH3 is 1. The van der Waals surface area contributed by atoms with Crippen molar-refractivity contribution in [2.75, 3.05) is 7.11 Å². The fraction of sp³-hybridized carbons (Fsp3) is 0.0385. The predicted octanol–water partition coefficient (Wildman–Crippen LogP) is 8.75. The van der Waals surface area contributed by atoms with Gasteiger partial charge in [0.05, 0.1) is 22.7 Å². The van der Waals surface area contributed by atoms with Gasteiger partial charge in [-0.3, -0.25) is 0 Å². The third kappa shape index (κ3) is 5.33. The SMILES string of the molecule is COC(=O)c1ccccc1Sc1ccc(Sc2ccc(Cl)c(Cl)c2)c(-c2ccccc2)c1. The van der Waals surface area contributed by atoms with Crippen LogP contribution >= 0.6 is 46.7 Å². The molecule has 0 saturated carbocycles. The fourth-order valence-corrected chi connectivity index (χ4v) is 5.46. The van der Waals surface area contributed by atoms with E-state index in [-0.39, 0.29) is 5.97 Å². The van der Waals surface area contributed by atoms with Crippen LogP contribution in [0, 0.1) is 0 Å². The molecule has 4 aromatic carbocycles. The molecule has 0 fully saturated rings. The summed E-state index contributed by atoms with van der Waals surface area (Å²) in [6.45, 7) is 0. The minimum atomic E-state index is -0.344. The Hall–Kier alpha value is -2.37. The van der Waals surface area contributed by atoms with E-state index in [1.54, 1.807) is 17.8 Å². The van der Waals surface area contributed by atoms with Crippen molar-refractivity contribution in [3.05, 3.63) is 107 Å². The Morgan fingerprint density at radius 1 is 0.719 bits per heavy atom. The largest absolute Gasteiger partial charge is 0.465 e. The zero-order valence-corrected chi connectivity index (χ0v) is 20.2. The summed E-state index contributed by atoms with van der Waals surface area (Å²) in [4.78, 5) is 16.1. The van der Waals surface area contributed by atoms with E-state index in [9.17, 15) is 4.79 Å². The molecule has 0 N–H and O–H groups in total. The Morgan fingerprint density at radius 3 is 2.12 bits per heavy atom. The van der Waals surface area contributed by atoms with Crippen LogP contribution in [0.4, 0.5) is 0 Å². The van der Waals surface area contributed by atoms with Gasteiger partial charge in [-0.15, -0.1) is 0 Å². The second-order valence-electron chi connectivity index (χ2n) is 6.79. The normalized spacial score (nSPS) is 10.7. The topological polar surface area (TPSA) is 26.3 Å². The van der Waals surface area contributed by atoms with Crippen LogP contribution in [0.5, 0.6) is 0 Å². The number of halogens is 2. The number of benzene rings is 4. The first-order valence-corrected chi connectivity index (χ1v) is 12.1. The maximum atomic E-state index is 12.2. The van der Waals surface area contributed by atoms with Gasteiger partial charge in [0.2, 0.25) is 0 Å². The Bertz CT molecular complexity index is 1260. The molecule has 32 heavy (non-hydrogen) atoms. The Balaban J connectivity index is 1.72. The maximum absolute atomic E-state index is 12.2. The van der Waals surface area contributed by atoms with Gasteiger partial charge in [-0.25, -0.2) is 4.79 Å². The van der Waals surface area contributed by atoms with Crippen molar-refractivity contribution in [3.63, 3.8) is 0 Å². The number of hydrogen-bond acceptors (Lipinski definition) is 4. The minimum Gasteiger partial charge on any atom is -0.465 e. The third-order valence-corrected chi connectivity index (χ3v) is 7.54. The van der Waals surface area contributed by atoms with Gasteiger partial charge in [-0.1, -0.05) is 89.2 Å². The highest BCUT2D eigenvalue weighted by molar-refractivity contribution is 8.00. The molecule has 4 aromatic rings. The highest BCUT2D eigenvalue weighted by Gasteiger charge is 2.14. The Labute approximate surface area is 205 Å². The number of hydrogen-bond donors (Lipinski definition) is 0. The van der Waals surface area contributed by atoms with Crippen LogP contribution in [0.3, 0.4) is 0 Å². The van der Waals surface area contributed by atoms with Gasteiger partial charge in [0.25, 0.3) is 0 Å². The molecular formula is C26H18Cl2O2S2. The highest BCUT2D eigenvalue weighted by Crippen LogP contribution is 2.41. The summed E-state index contributed by atoms with van der Waals surface area (Å²) in [6.07, 6.45) is 0. The van der Waals surface area contributed by atoms with E-state index in [0.717, 1.165) is 30.7 Å². The van der Waals surface area contributed by atoms with Gasteiger partial charge in [0.15, 0.2) is 0 Å². The number of carbonyl (C=O) groups is 1. The molecular weight excluding hydrogens is 479 g/mol. The summed E-state index contributed by atoms with van der Waals surface area (Å²) in [5, 5.41) is 1.07. The lowest BCUT2D eigenvalue weighted by Gasteiger charge is -2.13. The molecule has 0 heterocycles.